The topological polar surface area (TPSA) is 101 Å². The van der Waals surface area contributed by atoms with Crippen LogP contribution < -0.4 is 19.8 Å². The number of aliphatic hydroxyl groups is 1. The van der Waals surface area contributed by atoms with Crippen molar-refractivity contribution in [3.63, 3.8) is 0 Å². The van der Waals surface area contributed by atoms with Crippen LogP contribution in [0.25, 0.3) is 0 Å². The van der Waals surface area contributed by atoms with E-state index >= 15 is 0 Å². The predicted octanol–water partition coefficient (Wildman–Crippen LogP) is 1.99. The first-order valence-electron chi connectivity index (χ1n) is 8.01. The van der Waals surface area contributed by atoms with Crippen LogP contribution >= 0.6 is 12.8 Å². The van der Waals surface area contributed by atoms with Crippen LogP contribution in [0.4, 0.5) is 0 Å². The minimum absolute atomic E-state index is 0.298. The molecule has 2 atom stereocenters. The summed E-state index contributed by atoms with van der Waals surface area (Å²) in [6.07, 6.45) is 0.596. The summed E-state index contributed by atoms with van der Waals surface area (Å²) in [6, 6.07) is 7.72. The van der Waals surface area contributed by atoms with E-state index < -0.39 is 23.2 Å². The van der Waals surface area contributed by atoms with Gasteiger partial charge in [0.25, 0.3) is 11.5 Å². The molecule has 1 aromatic carbocycles. The summed E-state index contributed by atoms with van der Waals surface area (Å²) in [5, 5.41) is 11.2. The molecule has 0 aliphatic carbocycles. The molecular weight excluding hydrogens is 356 g/mol. The first-order chi connectivity index (χ1) is 12.2. The number of H-pyrrole nitrogens is 1. The van der Waals surface area contributed by atoms with Gasteiger partial charge in [0.2, 0.25) is 0 Å². The molecule has 1 amide bonds. The maximum atomic E-state index is 11.9. The van der Waals surface area contributed by atoms with E-state index in [1.165, 1.54) is 12.3 Å². The van der Waals surface area contributed by atoms with E-state index in [4.69, 9.17) is 9.47 Å². The second kappa shape index (κ2) is 6.37. The average Bonchev–Trinajstić information content (AvgIpc) is 2.58. The average molecular weight is 376 g/mol. The predicted molar refractivity (Wildman–Crippen MR) is 98.7 cm³/mol. The van der Waals surface area contributed by atoms with Crippen molar-refractivity contribution in [1.29, 1.82) is 0 Å². The second-order valence-electron chi connectivity index (χ2n) is 6.84. The number of amides is 1. The van der Waals surface area contributed by atoms with Crippen LogP contribution in [0.3, 0.4) is 0 Å². The number of thiol groups is 1. The Balaban J connectivity index is 2.13. The zero-order chi connectivity index (χ0) is 19.1. The van der Waals surface area contributed by atoms with Gasteiger partial charge in [0.1, 0.15) is 22.7 Å². The summed E-state index contributed by atoms with van der Waals surface area (Å²) in [6.45, 7) is 5.09. The third kappa shape index (κ3) is 3.06. The normalized spacial score (nSPS) is 23.5. The van der Waals surface area contributed by atoms with Crippen molar-refractivity contribution in [2.75, 3.05) is 0 Å². The molecule has 3 rings (SSSR count). The van der Waals surface area contributed by atoms with Gasteiger partial charge in [-0.25, -0.2) is 0 Å². The molecule has 7 nitrogen and oxygen atoms in total. The van der Waals surface area contributed by atoms with Crippen molar-refractivity contribution >= 4 is 18.7 Å². The van der Waals surface area contributed by atoms with Crippen molar-refractivity contribution in [2.24, 2.45) is 0 Å². The summed E-state index contributed by atoms with van der Waals surface area (Å²) in [5.41, 5.74) is -1.89. The molecule has 2 unspecified atom stereocenters. The van der Waals surface area contributed by atoms with Crippen LogP contribution in [0.5, 0.6) is 11.5 Å². The Morgan fingerprint density at radius 2 is 2.04 bits per heavy atom. The van der Waals surface area contributed by atoms with Gasteiger partial charge in [-0.1, -0.05) is 12.8 Å². The number of carbonyl (C=O) groups excluding carboxylic acids is 1. The summed E-state index contributed by atoms with van der Waals surface area (Å²) < 4.78 is 14.2. The fraction of sp³-hybridized carbons (Fsp3) is 0.333. The fourth-order valence-electron chi connectivity index (χ4n) is 2.86. The minimum atomic E-state index is -1.45. The number of nitrogens with one attached hydrogen (secondary N) is 2. The van der Waals surface area contributed by atoms with Gasteiger partial charge in [-0.2, -0.15) is 0 Å². The molecule has 1 aliphatic rings. The van der Waals surface area contributed by atoms with Crippen LogP contribution in [-0.2, 0) is 0 Å². The minimum Gasteiger partial charge on any atom is -0.484 e. The molecule has 8 heteroatoms. The molecule has 1 aromatic heterocycles. The van der Waals surface area contributed by atoms with Gasteiger partial charge >= 0.3 is 0 Å². The van der Waals surface area contributed by atoms with Gasteiger partial charge in [-0.15, -0.1) is 0 Å². The van der Waals surface area contributed by atoms with E-state index in [1.54, 1.807) is 45.0 Å². The van der Waals surface area contributed by atoms with Gasteiger partial charge in [0.15, 0.2) is 6.10 Å². The molecule has 0 spiro atoms. The highest BCUT2D eigenvalue weighted by atomic mass is 32.1. The van der Waals surface area contributed by atoms with Crippen molar-refractivity contribution in [1.82, 2.24) is 9.71 Å². The van der Waals surface area contributed by atoms with Crippen LogP contribution in [0.15, 0.2) is 41.3 Å². The first-order valence-corrected chi connectivity index (χ1v) is 8.45. The number of benzene rings is 1. The van der Waals surface area contributed by atoms with Crippen molar-refractivity contribution in [3.05, 3.63) is 58.0 Å². The van der Waals surface area contributed by atoms with Crippen LogP contribution in [0.2, 0.25) is 0 Å². The summed E-state index contributed by atoms with van der Waals surface area (Å²) in [7, 11) is 0. The van der Waals surface area contributed by atoms with Crippen molar-refractivity contribution in [2.45, 2.75) is 38.1 Å². The second-order valence-corrected chi connectivity index (χ2v) is 7.06. The highest BCUT2D eigenvalue weighted by Crippen LogP contribution is 2.48. The lowest BCUT2D eigenvalue weighted by Crippen LogP contribution is -2.59. The summed E-state index contributed by atoms with van der Waals surface area (Å²) >= 11 is 3.78. The molecule has 1 aliphatic heterocycles. The molecule has 0 saturated carbocycles. The van der Waals surface area contributed by atoms with Gasteiger partial charge in [0, 0.05) is 23.4 Å². The molecule has 0 bridgehead atoms. The van der Waals surface area contributed by atoms with E-state index in [2.05, 4.69) is 22.5 Å². The smallest absolute Gasteiger partial charge is 0.260 e. The number of pyridine rings is 1. The lowest BCUT2D eigenvalue weighted by molar-refractivity contribution is -0.174. The van der Waals surface area contributed by atoms with E-state index in [1.807, 2.05) is 0 Å². The van der Waals surface area contributed by atoms with Crippen LogP contribution in [0.1, 0.15) is 42.8 Å². The number of hydrogen-bond acceptors (Lipinski definition) is 6. The molecule has 138 valence electrons. The molecule has 0 radical (unpaired) electrons. The highest BCUT2D eigenvalue weighted by Gasteiger charge is 2.54. The van der Waals surface area contributed by atoms with Gasteiger partial charge in [-0.3, -0.25) is 14.3 Å². The lowest BCUT2D eigenvalue weighted by Gasteiger charge is -2.49. The van der Waals surface area contributed by atoms with Crippen LogP contribution in [0, 0.1) is 0 Å². The third-order valence-corrected chi connectivity index (χ3v) is 4.95. The van der Waals surface area contributed by atoms with E-state index in [9.17, 15) is 14.7 Å². The number of aromatic amines is 1. The number of ether oxygens (including phenoxy) is 2. The zero-order valence-corrected chi connectivity index (χ0v) is 15.5. The maximum absolute atomic E-state index is 11.9. The van der Waals surface area contributed by atoms with Crippen molar-refractivity contribution < 1.29 is 19.4 Å². The van der Waals surface area contributed by atoms with E-state index in [0.29, 0.717) is 22.6 Å². The lowest BCUT2D eigenvalue weighted by atomic mass is 9.76. The summed E-state index contributed by atoms with van der Waals surface area (Å²) in [4.78, 5) is 26.0. The molecular formula is C18H20N2O5S. The first kappa shape index (κ1) is 18.3. The highest BCUT2D eigenvalue weighted by molar-refractivity contribution is 7.78. The van der Waals surface area contributed by atoms with Gasteiger partial charge in [0.05, 0.1) is 0 Å². The fourth-order valence-corrected chi connectivity index (χ4v) is 2.99. The summed E-state index contributed by atoms with van der Waals surface area (Å²) in [5.74, 6) is 0.398. The Hall–Kier alpha value is -2.45. The molecule has 3 N–H and O–H groups in total. The number of aromatic nitrogens is 1. The van der Waals surface area contributed by atoms with E-state index in [-0.39, 0.29) is 5.56 Å². The van der Waals surface area contributed by atoms with Crippen LogP contribution in [-0.4, -0.2) is 27.2 Å². The Labute approximate surface area is 155 Å². The van der Waals surface area contributed by atoms with E-state index in [0.717, 1.165) is 0 Å². The molecule has 26 heavy (non-hydrogen) atoms. The molecule has 2 heterocycles. The Bertz CT molecular complexity index is 906. The molecule has 2 aromatic rings. The molecule has 0 fully saturated rings. The largest absolute Gasteiger partial charge is 0.484 e. The maximum Gasteiger partial charge on any atom is 0.260 e. The molecule has 0 saturated heterocycles. The Kier molecular flexibility index (Phi) is 4.49. The SMILES string of the molecule is CC1(C)Oc2ccc(C(=O)NS)cc2C(Oc2cc[nH]c(=O)c2)C1(C)O. The number of carbonyl (C=O) groups is 1. The van der Waals surface area contributed by atoms with Crippen molar-refractivity contribution in [3.8, 4) is 11.5 Å². The number of hydrogen-bond donors (Lipinski definition) is 4. The third-order valence-electron chi connectivity index (χ3n) is 4.75. The standard InChI is InChI=1S/C18H20N2O5S/c1-17(2)18(3,23)15(24-11-6-7-19-14(21)9-11)12-8-10(16(22)20-26)4-5-13(12)25-17/h4-9,15,23,26H,1-3H3,(H,19,21)(H,20,22). The van der Waals surface area contributed by atoms with Gasteiger partial charge in [-0.05, 0) is 45.0 Å². The quantitative estimate of drug-likeness (QED) is 0.614. The number of fused-ring (bicyclic) bond motifs is 1. The Morgan fingerprint density at radius 1 is 1.31 bits per heavy atom. The Morgan fingerprint density at radius 3 is 2.69 bits per heavy atom. The number of rotatable bonds is 3. The van der Waals surface area contributed by atoms with Gasteiger partial charge < -0.3 is 19.6 Å². The monoisotopic (exact) mass is 376 g/mol. The zero-order valence-electron chi connectivity index (χ0n) is 14.6.